The maximum Gasteiger partial charge on any atom is 0.308 e. The van der Waals surface area contributed by atoms with E-state index in [1.807, 2.05) is 58.2 Å². The van der Waals surface area contributed by atoms with Crippen molar-refractivity contribution in [2.45, 2.75) is 40.2 Å². The normalized spacial score (nSPS) is 13.3. The number of carboxylic acid groups (broad SMARTS) is 1. The minimum atomic E-state index is -0.905. The van der Waals surface area contributed by atoms with Crippen LogP contribution in [0.4, 0.5) is 0 Å². The van der Waals surface area contributed by atoms with Crippen molar-refractivity contribution >= 4 is 11.9 Å². The highest BCUT2D eigenvalue weighted by Crippen LogP contribution is 2.26. The van der Waals surface area contributed by atoms with Gasteiger partial charge in [-0.15, -0.1) is 0 Å². The lowest BCUT2D eigenvalue weighted by molar-refractivity contribution is -0.143. The Morgan fingerprint density at radius 1 is 1.19 bits per heavy atom. The first-order chi connectivity index (χ1) is 12.2. The number of rotatable bonds is 7. The summed E-state index contributed by atoms with van der Waals surface area (Å²) in [7, 11) is 1.86. The van der Waals surface area contributed by atoms with Gasteiger partial charge < -0.3 is 10.0 Å². The second-order valence-electron chi connectivity index (χ2n) is 6.87. The Balaban J connectivity index is 2.30. The van der Waals surface area contributed by atoms with Gasteiger partial charge in [-0.2, -0.15) is 5.10 Å². The van der Waals surface area contributed by atoms with Crippen LogP contribution in [-0.2, 0) is 23.2 Å². The van der Waals surface area contributed by atoms with Crippen LogP contribution in [-0.4, -0.2) is 38.2 Å². The molecule has 2 unspecified atom stereocenters. The lowest BCUT2D eigenvalue weighted by atomic mass is 9.96. The van der Waals surface area contributed by atoms with Crippen LogP contribution in [0.15, 0.2) is 30.3 Å². The third-order valence-corrected chi connectivity index (χ3v) is 4.81. The topological polar surface area (TPSA) is 75.4 Å². The molecule has 6 heteroatoms. The van der Waals surface area contributed by atoms with E-state index in [2.05, 4.69) is 5.10 Å². The number of aliphatic carboxylic acids is 1. The van der Waals surface area contributed by atoms with Crippen LogP contribution in [0.3, 0.4) is 0 Å². The summed E-state index contributed by atoms with van der Waals surface area (Å²) in [5, 5.41) is 13.7. The number of benzene rings is 1. The highest BCUT2D eigenvalue weighted by atomic mass is 16.4. The van der Waals surface area contributed by atoms with Gasteiger partial charge in [-0.1, -0.05) is 37.3 Å². The molecule has 0 fully saturated rings. The Hall–Kier alpha value is -2.63. The van der Waals surface area contributed by atoms with Crippen molar-refractivity contribution in [3.63, 3.8) is 0 Å². The fraction of sp³-hybridized carbons (Fsp3) is 0.450. The average molecular weight is 357 g/mol. The molecule has 2 rings (SSSR count). The minimum Gasteiger partial charge on any atom is -0.481 e. The number of hydrogen-bond acceptors (Lipinski definition) is 3. The molecule has 6 nitrogen and oxygen atoms in total. The van der Waals surface area contributed by atoms with Gasteiger partial charge in [0.05, 0.1) is 17.5 Å². The van der Waals surface area contributed by atoms with E-state index in [0.717, 1.165) is 22.5 Å². The van der Waals surface area contributed by atoms with E-state index >= 15 is 0 Å². The van der Waals surface area contributed by atoms with Crippen molar-refractivity contribution in [2.24, 2.45) is 13.0 Å². The summed E-state index contributed by atoms with van der Waals surface area (Å²) in [5.74, 6) is -2.00. The Morgan fingerprint density at radius 3 is 2.31 bits per heavy atom. The molecule has 0 radical (unpaired) electrons. The van der Waals surface area contributed by atoms with Crippen molar-refractivity contribution in [3.8, 4) is 0 Å². The molecular weight excluding hydrogens is 330 g/mol. The molecule has 0 saturated heterocycles. The van der Waals surface area contributed by atoms with Gasteiger partial charge in [0.2, 0.25) is 5.91 Å². The number of amides is 1. The number of carbonyl (C=O) groups excluding carboxylic acids is 1. The molecule has 2 atom stereocenters. The molecule has 1 aromatic carbocycles. The van der Waals surface area contributed by atoms with Crippen LogP contribution in [0.1, 0.15) is 42.3 Å². The smallest absolute Gasteiger partial charge is 0.308 e. The molecular formula is C20H27N3O3. The fourth-order valence-corrected chi connectivity index (χ4v) is 3.26. The van der Waals surface area contributed by atoms with Gasteiger partial charge >= 0.3 is 5.97 Å². The molecule has 1 aromatic heterocycles. The first-order valence-electron chi connectivity index (χ1n) is 8.78. The lowest BCUT2D eigenvalue weighted by Gasteiger charge is -2.28. The van der Waals surface area contributed by atoms with E-state index in [4.69, 9.17) is 0 Å². The van der Waals surface area contributed by atoms with Crippen LogP contribution >= 0.6 is 0 Å². The summed E-state index contributed by atoms with van der Waals surface area (Å²) < 4.78 is 1.77. The van der Waals surface area contributed by atoms with E-state index in [9.17, 15) is 14.7 Å². The Morgan fingerprint density at radius 2 is 1.81 bits per heavy atom. The van der Waals surface area contributed by atoms with Gasteiger partial charge in [-0.3, -0.25) is 14.3 Å². The number of aromatic nitrogens is 2. The molecule has 0 saturated carbocycles. The van der Waals surface area contributed by atoms with E-state index in [-0.39, 0.29) is 18.4 Å². The third kappa shape index (κ3) is 4.31. The van der Waals surface area contributed by atoms with Crippen molar-refractivity contribution in [3.05, 3.63) is 52.8 Å². The van der Waals surface area contributed by atoms with Crippen molar-refractivity contribution < 1.29 is 14.7 Å². The van der Waals surface area contributed by atoms with Gasteiger partial charge in [-0.05, 0) is 26.3 Å². The summed E-state index contributed by atoms with van der Waals surface area (Å²) in [4.78, 5) is 26.2. The monoisotopic (exact) mass is 357 g/mol. The molecule has 140 valence electrons. The zero-order valence-electron chi connectivity index (χ0n) is 16.1. The zero-order chi connectivity index (χ0) is 19.4. The predicted octanol–water partition coefficient (Wildman–Crippen LogP) is 2.89. The van der Waals surface area contributed by atoms with Crippen molar-refractivity contribution in [2.75, 3.05) is 6.54 Å². The van der Waals surface area contributed by atoms with Gasteiger partial charge in [0.15, 0.2) is 0 Å². The number of hydrogen-bond donors (Lipinski definition) is 1. The van der Waals surface area contributed by atoms with Crippen molar-refractivity contribution in [1.82, 2.24) is 14.7 Å². The first kappa shape index (κ1) is 19.7. The Labute approximate surface area is 154 Å². The van der Waals surface area contributed by atoms with Gasteiger partial charge in [0, 0.05) is 31.4 Å². The predicted molar refractivity (Wildman–Crippen MR) is 99.8 cm³/mol. The molecule has 1 amide bonds. The third-order valence-electron chi connectivity index (χ3n) is 4.81. The van der Waals surface area contributed by atoms with Crippen LogP contribution in [0.25, 0.3) is 0 Å². The molecule has 0 aliphatic carbocycles. The maximum absolute atomic E-state index is 13.2. The van der Waals surface area contributed by atoms with E-state index in [1.165, 1.54) is 0 Å². The quantitative estimate of drug-likeness (QED) is 0.827. The molecule has 0 spiro atoms. The molecule has 26 heavy (non-hydrogen) atoms. The van der Waals surface area contributed by atoms with E-state index in [0.29, 0.717) is 6.54 Å². The van der Waals surface area contributed by atoms with Crippen molar-refractivity contribution in [1.29, 1.82) is 0 Å². The minimum absolute atomic E-state index is 0.0823. The maximum atomic E-state index is 13.2. The SMILES string of the molecule is Cc1nn(C)c(C)c1C(C)C(=O)N(Cc1ccccc1)CC(C)C(=O)O. The summed E-state index contributed by atoms with van der Waals surface area (Å²) in [6, 6.07) is 9.63. The average Bonchev–Trinajstić information content (AvgIpc) is 2.86. The van der Waals surface area contributed by atoms with Gasteiger partial charge in [-0.25, -0.2) is 0 Å². The van der Waals surface area contributed by atoms with Gasteiger partial charge in [0.25, 0.3) is 0 Å². The molecule has 2 aromatic rings. The van der Waals surface area contributed by atoms with Crippen LogP contribution in [0, 0.1) is 19.8 Å². The van der Waals surface area contributed by atoms with Crippen LogP contribution in [0.2, 0.25) is 0 Å². The number of aryl methyl sites for hydroxylation is 2. The van der Waals surface area contributed by atoms with Gasteiger partial charge in [0.1, 0.15) is 0 Å². The number of carbonyl (C=O) groups is 2. The zero-order valence-corrected chi connectivity index (χ0v) is 16.1. The highest BCUT2D eigenvalue weighted by molar-refractivity contribution is 5.84. The number of carboxylic acids is 1. The second-order valence-corrected chi connectivity index (χ2v) is 6.87. The Kier molecular flexibility index (Phi) is 6.18. The summed E-state index contributed by atoms with van der Waals surface area (Å²) in [6.45, 7) is 7.89. The summed E-state index contributed by atoms with van der Waals surface area (Å²) in [6.07, 6.45) is 0. The summed E-state index contributed by atoms with van der Waals surface area (Å²) >= 11 is 0. The standard InChI is InChI=1S/C20H27N3O3/c1-13(20(25)26)11-23(12-17-9-7-6-8-10-17)19(24)14(2)18-15(3)21-22(5)16(18)4/h6-10,13-14H,11-12H2,1-5H3,(H,25,26). The highest BCUT2D eigenvalue weighted by Gasteiger charge is 2.29. The van der Waals surface area contributed by atoms with E-state index < -0.39 is 11.9 Å². The molecule has 1 heterocycles. The lowest BCUT2D eigenvalue weighted by Crippen LogP contribution is -2.39. The Bertz CT molecular complexity index is 783. The molecule has 1 N–H and O–H groups in total. The first-order valence-corrected chi connectivity index (χ1v) is 8.78. The largest absolute Gasteiger partial charge is 0.481 e. The van der Waals surface area contributed by atoms with E-state index in [1.54, 1.807) is 16.5 Å². The molecule has 0 bridgehead atoms. The van der Waals surface area contributed by atoms with Crippen LogP contribution < -0.4 is 0 Å². The summed E-state index contributed by atoms with van der Waals surface area (Å²) in [5.41, 5.74) is 3.68. The molecule has 0 aliphatic heterocycles. The molecule has 0 aliphatic rings. The van der Waals surface area contributed by atoms with Crippen LogP contribution in [0.5, 0.6) is 0 Å². The fourth-order valence-electron chi connectivity index (χ4n) is 3.26. The second kappa shape index (κ2) is 8.17. The number of nitrogens with zero attached hydrogens (tertiary/aromatic N) is 3.